The Labute approximate surface area is 124 Å². The van der Waals surface area contributed by atoms with Crippen molar-refractivity contribution in [2.75, 3.05) is 31.8 Å². The van der Waals surface area contributed by atoms with Gasteiger partial charge < -0.3 is 4.74 Å². The summed E-state index contributed by atoms with van der Waals surface area (Å²) in [5, 5.41) is 0. The fourth-order valence-corrected chi connectivity index (χ4v) is 3.20. The van der Waals surface area contributed by atoms with Gasteiger partial charge in [-0.25, -0.2) is 17.1 Å². The molecule has 0 aromatic heterocycles. The number of benzene rings is 1. The van der Waals surface area contributed by atoms with Gasteiger partial charge >= 0.3 is 0 Å². The van der Waals surface area contributed by atoms with Gasteiger partial charge in [0.25, 0.3) is 0 Å². The Kier molecular flexibility index (Phi) is 6.71. The van der Waals surface area contributed by atoms with Gasteiger partial charge in [0.15, 0.2) is 11.6 Å². The quantitative estimate of drug-likeness (QED) is 0.690. The molecule has 0 aliphatic heterocycles. The average molecular weight is 324 g/mol. The molecule has 1 unspecified atom stereocenters. The molecule has 1 atom stereocenters. The summed E-state index contributed by atoms with van der Waals surface area (Å²) in [6, 6.07) is 6.00. The number of ether oxygens (including phenoxy) is 1. The summed E-state index contributed by atoms with van der Waals surface area (Å²) in [6.07, 6.45) is 0. The Balaban J connectivity index is 2.47. The lowest BCUT2D eigenvalue weighted by Gasteiger charge is -2.19. The van der Waals surface area contributed by atoms with Crippen LogP contribution in [0, 0.1) is 11.7 Å². The van der Waals surface area contributed by atoms with Gasteiger partial charge in [-0.15, -0.1) is 11.6 Å². The Morgan fingerprint density at radius 1 is 1.40 bits per heavy atom. The van der Waals surface area contributed by atoms with Gasteiger partial charge in [0.2, 0.25) is 10.0 Å². The predicted octanol–water partition coefficient (Wildman–Crippen LogP) is 2.34. The third-order valence-electron chi connectivity index (χ3n) is 2.73. The van der Waals surface area contributed by atoms with E-state index in [9.17, 15) is 12.8 Å². The summed E-state index contributed by atoms with van der Waals surface area (Å²) < 4.78 is 43.6. The molecule has 1 aromatic rings. The molecule has 0 amide bonds. The van der Waals surface area contributed by atoms with Gasteiger partial charge in [-0.05, 0) is 18.1 Å². The minimum Gasteiger partial charge on any atom is -0.489 e. The monoisotopic (exact) mass is 323 g/mol. The van der Waals surface area contributed by atoms with Crippen LogP contribution in [0.25, 0.3) is 0 Å². The smallest absolute Gasteiger partial charge is 0.214 e. The maximum atomic E-state index is 13.3. The zero-order chi connectivity index (χ0) is 15.2. The van der Waals surface area contributed by atoms with Crippen molar-refractivity contribution in [1.29, 1.82) is 0 Å². The highest BCUT2D eigenvalue weighted by molar-refractivity contribution is 7.89. The third kappa shape index (κ3) is 5.26. The van der Waals surface area contributed by atoms with Crippen LogP contribution in [0.5, 0.6) is 5.75 Å². The standard InChI is InChI=1S/C13H19ClFNO3S/c1-11(9-14)10-20(17,18)16(2)7-8-19-13-6-4-3-5-12(13)15/h3-6,11H,7-10H2,1-2H3. The molecule has 0 saturated heterocycles. The van der Waals surface area contributed by atoms with Crippen molar-refractivity contribution in [1.82, 2.24) is 4.31 Å². The first-order valence-electron chi connectivity index (χ1n) is 6.24. The largest absolute Gasteiger partial charge is 0.489 e. The number of halogens is 2. The van der Waals surface area contributed by atoms with Crippen molar-refractivity contribution in [3.05, 3.63) is 30.1 Å². The molecule has 4 nitrogen and oxygen atoms in total. The topological polar surface area (TPSA) is 46.6 Å². The number of alkyl halides is 1. The van der Waals surface area contributed by atoms with Crippen molar-refractivity contribution < 1.29 is 17.5 Å². The average Bonchev–Trinajstić information content (AvgIpc) is 2.40. The molecule has 7 heteroatoms. The van der Waals surface area contributed by atoms with Gasteiger partial charge in [0.1, 0.15) is 6.61 Å². The lowest BCUT2D eigenvalue weighted by molar-refractivity contribution is 0.275. The molecule has 20 heavy (non-hydrogen) atoms. The van der Waals surface area contributed by atoms with Crippen LogP contribution < -0.4 is 4.74 Å². The number of sulfonamides is 1. The summed E-state index contributed by atoms with van der Waals surface area (Å²) in [5.41, 5.74) is 0. The van der Waals surface area contributed by atoms with Crippen LogP contribution in [-0.2, 0) is 10.0 Å². The van der Waals surface area contributed by atoms with E-state index in [-0.39, 0.29) is 30.6 Å². The number of para-hydroxylation sites is 1. The van der Waals surface area contributed by atoms with Crippen LogP contribution in [-0.4, -0.2) is 44.6 Å². The van der Waals surface area contributed by atoms with Crippen LogP contribution in [0.2, 0.25) is 0 Å². The maximum absolute atomic E-state index is 13.3. The Hall–Kier alpha value is -0.850. The number of rotatable bonds is 8. The molecule has 0 N–H and O–H groups in total. The fourth-order valence-electron chi connectivity index (χ4n) is 1.52. The molecule has 0 fully saturated rings. The first-order chi connectivity index (χ1) is 9.36. The van der Waals surface area contributed by atoms with Crippen molar-refractivity contribution in [2.45, 2.75) is 6.92 Å². The zero-order valence-corrected chi connectivity index (χ0v) is 13.1. The van der Waals surface area contributed by atoms with Gasteiger partial charge in [-0.1, -0.05) is 19.1 Å². The first-order valence-corrected chi connectivity index (χ1v) is 8.38. The van der Waals surface area contributed by atoms with Gasteiger partial charge in [-0.2, -0.15) is 0 Å². The van der Waals surface area contributed by atoms with E-state index in [0.717, 1.165) is 0 Å². The number of hydrogen-bond acceptors (Lipinski definition) is 3. The molecule has 0 aliphatic rings. The van der Waals surface area contributed by atoms with E-state index in [4.69, 9.17) is 16.3 Å². The molecule has 0 heterocycles. The maximum Gasteiger partial charge on any atom is 0.214 e. The van der Waals surface area contributed by atoms with Gasteiger partial charge in [0, 0.05) is 19.5 Å². The van der Waals surface area contributed by atoms with E-state index in [1.165, 1.54) is 23.5 Å². The Morgan fingerprint density at radius 3 is 2.65 bits per heavy atom. The second-order valence-corrected chi connectivity index (χ2v) is 7.07. The number of hydrogen-bond donors (Lipinski definition) is 0. The minimum absolute atomic E-state index is 0.00724. The molecule has 0 saturated carbocycles. The zero-order valence-electron chi connectivity index (χ0n) is 11.6. The van der Waals surface area contributed by atoms with Gasteiger partial charge in [-0.3, -0.25) is 0 Å². The normalized spacial score (nSPS) is 13.4. The summed E-state index contributed by atoms with van der Waals surface area (Å²) in [7, 11) is -1.89. The molecule has 0 spiro atoms. The highest BCUT2D eigenvalue weighted by atomic mass is 35.5. The lowest BCUT2D eigenvalue weighted by Crippen LogP contribution is -2.34. The van der Waals surface area contributed by atoms with Crippen LogP contribution >= 0.6 is 11.6 Å². The van der Waals surface area contributed by atoms with E-state index >= 15 is 0 Å². The summed E-state index contributed by atoms with van der Waals surface area (Å²) in [6.45, 7) is 2.02. The predicted molar refractivity (Wildman–Crippen MR) is 78.2 cm³/mol. The van der Waals surface area contributed by atoms with E-state index in [0.29, 0.717) is 5.88 Å². The molecular weight excluding hydrogens is 305 g/mol. The highest BCUT2D eigenvalue weighted by Gasteiger charge is 2.20. The lowest BCUT2D eigenvalue weighted by atomic mass is 10.3. The molecule has 1 rings (SSSR count). The van der Waals surface area contributed by atoms with Crippen LogP contribution in [0.1, 0.15) is 6.92 Å². The third-order valence-corrected chi connectivity index (χ3v) is 5.38. The molecule has 0 bridgehead atoms. The molecule has 1 aromatic carbocycles. The summed E-state index contributed by atoms with van der Waals surface area (Å²) >= 11 is 5.62. The minimum atomic E-state index is -3.36. The SMILES string of the molecule is CC(CCl)CS(=O)(=O)N(C)CCOc1ccccc1F. The summed E-state index contributed by atoms with van der Waals surface area (Å²) in [4.78, 5) is 0. The Morgan fingerprint density at radius 2 is 2.05 bits per heavy atom. The molecular formula is C13H19ClFNO3S. The van der Waals surface area contributed by atoms with Gasteiger partial charge in [0.05, 0.1) is 5.75 Å². The highest BCUT2D eigenvalue weighted by Crippen LogP contribution is 2.15. The summed E-state index contributed by atoms with van der Waals surface area (Å²) in [5.74, 6) is -0.177. The van der Waals surface area contributed by atoms with E-state index in [1.54, 1.807) is 19.1 Å². The number of nitrogens with zero attached hydrogens (tertiary/aromatic N) is 1. The van der Waals surface area contributed by atoms with Crippen LogP contribution in [0.4, 0.5) is 4.39 Å². The second kappa shape index (κ2) is 7.81. The van der Waals surface area contributed by atoms with Crippen molar-refractivity contribution in [2.24, 2.45) is 5.92 Å². The molecule has 0 aliphatic carbocycles. The van der Waals surface area contributed by atoms with E-state index in [1.807, 2.05) is 0 Å². The van der Waals surface area contributed by atoms with E-state index < -0.39 is 15.8 Å². The number of likely N-dealkylation sites (N-methyl/N-ethyl adjacent to an activating group) is 1. The van der Waals surface area contributed by atoms with Crippen molar-refractivity contribution >= 4 is 21.6 Å². The van der Waals surface area contributed by atoms with Crippen LogP contribution in [0.15, 0.2) is 24.3 Å². The van der Waals surface area contributed by atoms with E-state index in [2.05, 4.69) is 0 Å². The molecule has 0 radical (unpaired) electrons. The van der Waals surface area contributed by atoms with Crippen molar-refractivity contribution in [3.8, 4) is 5.75 Å². The second-order valence-electron chi connectivity index (χ2n) is 4.64. The van der Waals surface area contributed by atoms with Crippen LogP contribution in [0.3, 0.4) is 0 Å². The molecule has 114 valence electrons. The van der Waals surface area contributed by atoms with Crippen molar-refractivity contribution in [3.63, 3.8) is 0 Å². The Bertz CT molecular complexity index is 524. The fraction of sp³-hybridized carbons (Fsp3) is 0.538. The first kappa shape index (κ1) is 17.2.